The van der Waals surface area contributed by atoms with E-state index in [0.29, 0.717) is 24.9 Å². The number of nitrogens with zero attached hydrogens (tertiary/aromatic N) is 1. The second-order valence-electron chi connectivity index (χ2n) is 4.87. The molecule has 3 atom stereocenters. The van der Waals surface area contributed by atoms with E-state index >= 15 is 0 Å². The van der Waals surface area contributed by atoms with Gasteiger partial charge in [-0.1, -0.05) is 13.8 Å². The predicted octanol–water partition coefficient (Wildman–Crippen LogP) is 0.119. The first-order chi connectivity index (χ1) is 7.93. The molecule has 2 unspecified atom stereocenters. The molecule has 0 saturated carbocycles. The normalized spacial score (nSPS) is 26.4. The Hall–Kier alpha value is -1.30. The average molecular weight is 244 g/mol. The molecular formula is C11H20N2O4. The third-order valence-electron chi connectivity index (χ3n) is 2.93. The summed E-state index contributed by atoms with van der Waals surface area (Å²) >= 11 is 0. The lowest BCUT2D eigenvalue weighted by Crippen LogP contribution is -2.53. The molecule has 1 rings (SSSR count). The molecule has 1 fully saturated rings. The largest absolute Gasteiger partial charge is 0.480 e. The Morgan fingerprint density at radius 3 is 2.29 bits per heavy atom. The molecule has 0 radical (unpaired) electrons. The Balaban J connectivity index is 2.54. The van der Waals surface area contributed by atoms with Crippen LogP contribution in [0.3, 0.4) is 0 Å². The number of hydrogen-bond donors (Lipinski definition) is 3. The topological polar surface area (TPSA) is 89.9 Å². The summed E-state index contributed by atoms with van der Waals surface area (Å²) in [6.07, 6.45) is 1.08. The van der Waals surface area contributed by atoms with Crippen LogP contribution in [0.2, 0.25) is 0 Å². The highest BCUT2D eigenvalue weighted by atomic mass is 16.4. The molecule has 1 aliphatic rings. The SMILES string of the molecule is CC1CC(C)CN(C(=O)N[C@@H](CO)C(=O)O)C1. The van der Waals surface area contributed by atoms with Crippen molar-refractivity contribution in [2.24, 2.45) is 11.8 Å². The molecule has 0 aliphatic carbocycles. The summed E-state index contributed by atoms with van der Waals surface area (Å²) in [5, 5.41) is 19.9. The molecule has 1 saturated heterocycles. The van der Waals surface area contributed by atoms with Gasteiger partial charge in [-0.3, -0.25) is 0 Å². The summed E-state index contributed by atoms with van der Waals surface area (Å²) in [5.74, 6) is -0.386. The first-order valence-corrected chi connectivity index (χ1v) is 5.83. The van der Waals surface area contributed by atoms with E-state index in [1.54, 1.807) is 4.90 Å². The quantitative estimate of drug-likeness (QED) is 0.657. The lowest BCUT2D eigenvalue weighted by Gasteiger charge is -2.35. The zero-order valence-electron chi connectivity index (χ0n) is 10.2. The molecule has 0 bridgehead atoms. The van der Waals surface area contributed by atoms with Gasteiger partial charge in [-0.2, -0.15) is 0 Å². The fourth-order valence-electron chi connectivity index (χ4n) is 2.25. The van der Waals surface area contributed by atoms with Gasteiger partial charge >= 0.3 is 12.0 Å². The van der Waals surface area contributed by atoms with Crippen LogP contribution in [0.4, 0.5) is 4.79 Å². The van der Waals surface area contributed by atoms with E-state index in [0.717, 1.165) is 6.42 Å². The number of rotatable bonds is 3. The molecule has 17 heavy (non-hydrogen) atoms. The van der Waals surface area contributed by atoms with Gasteiger partial charge in [0.15, 0.2) is 6.04 Å². The number of carbonyl (C=O) groups excluding carboxylic acids is 1. The van der Waals surface area contributed by atoms with Crippen molar-refractivity contribution in [2.75, 3.05) is 19.7 Å². The van der Waals surface area contributed by atoms with Crippen LogP contribution in [0.1, 0.15) is 20.3 Å². The van der Waals surface area contributed by atoms with E-state index in [2.05, 4.69) is 19.2 Å². The molecule has 1 aliphatic heterocycles. The van der Waals surface area contributed by atoms with Crippen LogP contribution in [-0.4, -0.2) is 52.9 Å². The van der Waals surface area contributed by atoms with Crippen molar-refractivity contribution < 1.29 is 19.8 Å². The summed E-state index contributed by atoms with van der Waals surface area (Å²) in [7, 11) is 0. The first-order valence-electron chi connectivity index (χ1n) is 5.83. The lowest BCUT2D eigenvalue weighted by molar-refractivity contribution is -0.140. The number of amides is 2. The molecule has 2 amide bonds. The highest BCUT2D eigenvalue weighted by Gasteiger charge is 2.28. The van der Waals surface area contributed by atoms with Crippen molar-refractivity contribution >= 4 is 12.0 Å². The van der Waals surface area contributed by atoms with Crippen molar-refractivity contribution in [3.8, 4) is 0 Å². The van der Waals surface area contributed by atoms with Gasteiger partial charge < -0.3 is 20.4 Å². The van der Waals surface area contributed by atoms with Crippen molar-refractivity contribution in [3.05, 3.63) is 0 Å². The fraction of sp³-hybridized carbons (Fsp3) is 0.818. The fourth-order valence-corrected chi connectivity index (χ4v) is 2.25. The van der Waals surface area contributed by atoms with Crippen LogP contribution in [0, 0.1) is 11.8 Å². The van der Waals surface area contributed by atoms with Gasteiger partial charge in [0.25, 0.3) is 0 Å². The highest BCUT2D eigenvalue weighted by molar-refractivity contribution is 5.82. The van der Waals surface area contributed by atoms with E-state index in [1.165, 1.54) is 0 Å². The molecule has 0 aromatic rings. The number of carboxylic acid groups (broad SMARTS) is 1. The van der Waals surface area contributed by atoms with Gasteiger partial charge in [0.2, 0.25) is 0 Å². The zero-order chi connectivity index (χ0) is 13.0. The average Bonchev–Trinajstić information content (AvgIpc) is 2.23. The minimum atomic E-state index is -1.23. The molecule has 0 spiro atoms. The van der Waals surface area contributed by atoms with Gasteiger partial charge in [-0.05, 0) is 18.3 Å². The number of carboxylic acids is 1. The van der Waals surface area contributed by atoms with Gasteiger partial charge in [-0.15, -0.1) is 0 Å². The number of carbonyl (C=O) groups is 2. The van der Waals surface area contributed by atoms with E-state index in [1.807, 2.05) is 0 Å². The summed E-state index contributed by atoms with van der Waals surface area (Å²) in [6.45, 7) is 4.80. The third kappa shape index (κ3) is 3.89. The Morgan fingerprint density at radius 2 is 1.88 bits per heavy atom. The maximum atomic E-state index is 11.8. The third-order valence-corrected chi connectivity index (χ3v) is 2.93. The Labute approximate surface area is 101 Å². The summed E-state index contributed by atoms with van der Waals surface area (Å²) in [4.78, 5) is 24.1. The maximum absolute atomic E-state index is 11.8. The lowest BCUT2D eigenvalue weighted by atomic mass is 9.92. The number of piperidine rings is 1. The molecule has 6 heteroatoms. The van der Waals surface area contributed by atoms with E-state index in [-0.39, 0.29) is 0 Å². The van der Waals surface area contributed by atoms with E-state index in [4.69, 9.17) is 10.2 Å². The summed E-state index contributed by atoms with van der Waals surface area (Å²) in [5.41, 5.74) is 0. The van der Waals surface area contributed by atoms with Gasteiger partial charge in [0, 0.05) is 13.1 Å². The van der Waals surface area contributed by atoms with Gasteiger partial charge in [-0.25, -0.2) is 9.59 Å². The van der Waals surface area contributed by atoms with E-state index < -0.39 is 24.6 Å². The first kappa shape index (κ1) is 13.8. The summed E-state index contributed by atoms with van der Waals surface area (Å²) in [6, 6.07) is -1.64. The Bertz CT molecular complexity index is 285. The van der Waals surface area contributed by atoms with Crippen LogP contribution < -0.4 is 5.32 Å². The van der Waals surface area contributed by atoms with Crippen molar-refractivity contribution in [2.45, 2.75) is 26.3 Å². The molecule has 3 N–H and O–H groups in total. The van der Waals surface area contributed by atoms with Gasteiger partial charge in [0.05, 0.1) is 6.61 Å². The number of nitrogens with one attached hydrogen (secondary N) is 1. The smallest absolute Gasteiger partial charge is 0.328 e. The molecule has 98 valence electrons. The second-order valence-corrected chi connectivity index (χ2v) is 4.87. The highest BCUT2D eigenvalue weighted by Crippen LogP contribution is 2.20. The zero-order valence-corrected chi connectivity index (χ0v) is 10.2. The van der Waals surface area contributed by atoms with Crippen LogP contribution in [0.15, 0.2) is 0 Å². The number of aliphatic hydroxyl groups excluding tert-OH is 1. The van der Waals surface area contributed by atoms with Crippen molar-refractivity contribution in [1.29, 1.82) is 0 Å². The molecule has 0 aromatic heterocycles. The van der Waals surface area contributed by atoms with E-state index in [9.17, 15) is 9.59 Å². The number of likely N-dealkylation sites (tertiary alicyclic amines) is 1. The minimum Gasteiger partial charge on any atom is -0.480 e. The molecule has 6 nitrogen and oxygen atoms in total. The van der Waals surface area contributed by atoms with Crippen LogP contribution in [-0.2, 0) is 4.79 Å². The van der Waals surface area contributed by atoms with Crippen LogP contribution >= 0.6 is 0 Å². The summed E-state index contributed by atoms with van der Waals surface area (Å²) < 4.78 is 0. The number of urea groups is 1. The maximum Gasteiger partial charge on any atom is 0.328 e. The number of aliphatic hydroxyl groups is 1. The standard InChI is InChI=1S/C11H20N2O4/c1-7-3-8(2)5-13(4-7)11(17)12-9(6-14)10(15)16/h7-9,14H,3-6H2,1-2H3,(H,12,17)(H,15,16)/t7?,8?,9-/m0/s1. The Kier molecular flexibility index (Phi) is 4.74. The second kappa shape index (κ2) is 5.86. The monoisotopic (exact) mass is 244 g/mol. The van der Waals surface area contributed by atoms with Crippen LogP contribution in [0.25, 0.3) is 0 Å². The molecule has 0 aromatic carbocycles. The predicted molar refractivity (Wildman–Crippen MR) is 61.6 cm³/mol. The number of aliphatic carboxylic acids is 1. The Morgan fingerprint density at radius 1 is 1.35 bits per heavy atom. The number of hydrogen-bond acceptors (Lipinski definition) is 3. The molecule has 1 heterocycles. The van der Waals surface area contributed by atoms with Gasteiger partial charge in [0.1, 0.15) is 0 Å². The molecular weight excluding hydrogens is 224 g/mol. The van der Waals surface area contributed by atoms with Crippen molar-refractivity contribution in [3.63, 3.8) is 0 Å². The van der Waals surface area contributed by atoms with Crippen molar-refractivity contribution in [1.82, 2.24) is 10.2 Å². The minimum absolute atomic E-state index is 0.412. The van der Waals surface area contributed by atoms with Crippen LogP contribution in [0.5, 0.6) is 0 Å².